The number of nitro benzene ring substituents is 1. The van der Waals surface area contributed by atoms with Crippen LogP contribution >= 0.6 is 11.6 Å². The number of piperidine rings is 1. The van der Waals surface area contributed by atoms with Gasteiger partial charge in [0.15, 0.2) is 0 Å². The van der Waals surface area contributed by atoms with Crippen LogP contribution in [0.25, 0.3) is 10.9 Å². The van der Waals surface area contributed by atoms with Crippen LogP contribution in [-0.4, -0.2) is 33.0 Å². The Hall–Kier alpha value is -4.42. The van der Waals surface area contributed by atoms with E-state index in [1.165, 1.54) is 12.4 Å². The first kappa shape index (κ1) is 25.2. The van der Waals surface area contributed by atoms with Gasteiger partial charge in [0, 0.05) is 41.8 Å². The molecule has 0 aliphatic carbocycles. The Morgan fingerprint density at radius 3 is 2.68 bits per heavy atom. The Labute approximate surface area is 224 Å². The minimum Gasteiger partial charge on any atom is -0.486 e. The van der Waals surface area contributed by atoms with E-state index in [4.69, 9.17) is 22.1 Å². The van der Waals surface area contributed by atoms with E-state index in [0.29, 0.717) is 33.8 Å². The van der Waals surface area contributed by atoms with Crippen molar-refractivity contribution in [2.45, 2.75) is 26.4 Å². The van der Waals surface area contributed by atoms with Gasteiger partial charge in [-0.15, -0.1) is 0 Å². The molecule has 1 aliphatic heterocycles. The number of benzene rings is 2. The Balaban J connectivity index is 1.28. The van der Waals surface area contributed by atoms with Crippen molar-refractivity contribution >= 4 is 39.7 Å². The lowest BCUT2D eigenvalue weighted by Crippen LogP contribution is -2.38. The predicted molar refractivity (Wildman–Crippen MR) is 147 cm³/mol. The lowest BCUT2D eigenvalue weighted by molar-refractivity contribution is -0.385. The minimum absolute atomic E-state index is 0.104. The van der Waals surface area contributed by atoms with Gasteiger partial charge in [-0.2, -0.15) is 0 Å². The Morgan fingerprint density at radius 1 is 1.16 bits per heavy atom. The van der Waals surface area contributed by atoms with Crippen LogP contribution in [0, 0.1) is 27.4 Å². The predicted octanol–water partition coefficient (Wildman–Crippen LogP) is 5.41. The van der Waals surface area contributed by atoms with E-state index < -0.39 is 4.92 Å². The van der Waals surface area contributed by atoms with E-state index >= 15 is 0 Å². The fourth-order valence-electron chi connectivity index (χ4n) is 4.40. The number of ether oxygens (including phenoxy) is 1. The summed E-state index contributed by atoms with van der Waals surface area (Å²) in [5.41, 5.74) is 8.16. The van der Waals surface area contributed by atoms with Gasteiger partial charge < -0.3 is 15.4 Å². The van der Waals surface area contributed by atoms with Gasteiger partial charge in [-0.3, -0.25) is 15.1 Å². The highest BCUT2D eigenvalue weighted by Crippen LogP contribution is 2.36. The molecule has 9 nitrogen and oxygen atoms in total. The summed E-state index contributed by atoms with van der Waals surface area (Å²) < 4.78 is 5.84. The Bertz CT molecular complexity index is 1560. The molecule has 0 spiro atoms. The van der Waals surface area contributed by atoms with Gasteiger partial charge in [0.2, 0.25) is 0 Å². The second-order valence-electron chi connectivity index (χ2n) is 9.42. The molecule has 38 heavy (non-hydrogen) atoms. The van der Waals surface area contributed by atoms with Crippen molar-refractivity contribution < 1.29 is 9.66 Å². The van der Waals surface area contributed by atoms with E-state index in [1.807, 2.05) is 36.4 Å². The van der Waals surface area contributed by atoms with Crippen molar-refractivity contribution in [2.24, 2.45) is 5.41 Å². The molecule has 0 bridgehead atoms. The number of nitro groups is 1. The first-order valence-electron chi connectivity index (χ1n) is 12.1. The number of fused-ring (bicyclic) bond motifs is 1. The van der Waals surface area contributed by atoms with Crippen molar-refractivity contribution in [3.63, 3.8) is 0 Å². The monoisotopic (exact) mass is 528 g/mol. The lowest BCUT2D eigenvalue weighted by atomic mass is 9.80. The number of nitrogens with zero attached hydrogens (tertiary/aromatic N) is 5. The van der Waals surface area contributed by atoms with Crippen LogP contribution < -0.4 is 15.4 Å². The number of hydrogen-bond donors (Lipinski definition) is 1. The highest BCUT2D eigenvalue weighted by molar-refractivity contribution is 6.32. The molecular weight excluding hydrogens is 504 g/mol. The summed E-state index contributed by atoms with van der Waals surface area (Å²) in [5, 5.41) is 12.7. The molecule has 2 aromatic heterocycles. The second kappa shape index (κ2) is 10.5. The molecule has 0 amide bonds. The molecule has 0 radical (unpaired) electrons. The molecule has 3 heterocycles. The molecule has 1 saturated heterocycles. The molecule has 2 N–H and O–H groups in total. The molecule has 0 atom stereocenters. The fraction of sp³-hybridized carbons (Fsp3) is 0.250. The van der Waals surface area contributed by atoms with Crippen molar-refractivity contribution in [1.82, 2.24) is 15.0 Å². The molecular formula is C28H25ClN6O3. The Morgan fingerprint density at radius 2 is 1.97 bits per heavy atom. The number of halogens is 1. The maximum absolute atomic E-state index is 11.7. The van der Waals surface area contributed by atoms with E-state index in [9.17, 15) is 10.1 Å². The van der Waals surface area contributed by atoms with Crippen LogP contribution in [0.3, 0.4) is 0 Å². The fourth-order valence-corrected chi connectivity index (χ4v) is 4.63. The molecule has 5 rings (SSSR count). The van der Waals surface area contributed by atoms with Gasteiger partial charge >= 0.3 is 0 Å². The van der Waals surface area contributed by atoms with E-state index in [-0.39, 0.29) is 16.9 Å². The number of hydrogen-bond acceptors (Lipinski definition) is 8. The highest BCUT2D eigenvalue weighted by Gasteiger charge is 2.29. The summed E-state index contributed by atoms with van der Waals surface area (Å²) in [6, 6.07) is 14.5. The largest absolute Gasteiger partial charge is 0.486 e. The highest BCUT2D eigenvalue weighted by atomic mass is 35.5. The summed E-state index contributed by atoms with van der Waals surface area (Å²) >= 11 is 6.51. The number of anilines is 2. The molecule has 0 saturated carbocycles. The normalized spacial score (nSPS) is 14.5. The van der Waals surface area contributed by atoms with Crippen LogP contribution in [0.4, 0.5) is 17.2 Å². The van der Waals surface area contributed by atoms with Crippen molar-refractivity contribution in [2.75, 3.05) is 23.7 Å². The van der Waals surface area contributed by atoms with Gasteiger partial charge in [0.25, 0.3) is 5.69 Å². The zero-order chi connectivity index (χ0) is 26.7. The molecule has 192 valence electrons. The number of aromatic nitrogens is 3. The van der Waals surface area contributed by atoms with Gasteiger partial charge in [0.05, 0.1) is 21.2 Å². The summed E-state index contributed by atoms with van der Waals surface area (Å²) in [4.78, 5) is 25.9. The maximum Gasteiger partial charge on any atom is 0.285 e. The van der Waals surface area contributed by atoms with Crippen LogP contribution in [-0.2, 0) is 6.61 Å². The van der Waals surface area contributed by atoms with Gasteiger partial charge in [0.1, 0.15) is 30.1 Å². The summed E-state index contributed by atoms with van der Waals surface area (Å²) in [6.07, 6.45) is 4.66. The standard InChI is InChI=1S/C28H25ClN6O3/c1-28(8-7-19-14-24-22(16-25(19)35(36)37)27(30)33-18-32-24)9-12-34(13-10-28)21-5-6-26(23(29)15-21)38-17-20-4-2-3-11-31-20/h2-6,11,14-16,18H,9-10,12-13,17H2,1H3,(H2,30,32,33). The molecule has 0 unspecified atom stereocenters. The van der Waals surface area contributed by atoms with Gasteiger partial charge in [-0.05, 0) is 56.2 Å². The molecule has 10 heteroatoms. The SMILES string of the molecule is CC1(C#Cc2cc3ncnc(N)c3cc2[N+](=O)[O-])CCN(c2ccc(OCc3ccccn3)c(Cl)c2)CC1. The zero-order valence-corrected chi connectivity index (χ0v) is 21.5. The quantitative estimate of drug-likeness (QED) is 0.207. The van der Waals surface area contributed by atoms with Crippen molar-refractivity contribution in [3.05, 3.63) is 87.4 Å². The molecule has 2 aromatic carbocycles. The summed E-state index contributed by atoms with van der Waals surface area (Å²) in [5.74, 6) is 7.17. The van der Waals surface area contributed by atoms with E-state index in [1.54, 1.807) is 12.3 Å². The lowest BCUT2D eigenvalue weighted by Gasteiger charge is -2.37. The van der Waals surface area contributed by atoms with E-state index in [0.717, 1.165) is 37.3 Å². The smallest absolute Gasteiger partial charge is 0.285 e. The van der Waals surface area contributed by atoms with Crippen molar-refractivity contribution in [3.8, 4) is 17.6 Å². The molecule has 4 aromatic rings. The second-order valence-corrected chi connectivity index (χ2v) is 9.83. The first-order valence-corrected chi connectivity index (χ1v) is 12.5. The number of nitrogens with two attached hydrogens (primary N) is 1. The van der Waals surface area contributed by atoms with Crippen molar-refractivity contribution in [1.29, 1.82) is 0 Å². The summed E-state index contributed by atoms with van der Waals surface area (Å²) in [7, 11) is 0. The topological polar surface area (TPSA) is 120 Å². The van der Waals surface area contributed by atoms with Crippen LogP contribution in [0.15, 0.2) is 61.1 Å². The molecule has 1 aliphatic rings. The summed E-state index contributed by atoms with van der Waals surface area (Å²) in [6.45, 7) is 3.99. The minimum atomic E-state index is -0.450. The van der Waals surface area contributed by atoms with Crippen LogP contribution in [0.5, 0.6) is 5.75 Å². The zero-order valence-electron chi connectivity index (χ0n) is 20.7. The average Bonchev–Trinajstić information content (AvgIpc) is 2.92. The maximum atomic E-state index is 11.7. The number of rotatable bonds is 5. The average molecular weight is 529 g/mol. The van der Waals surface area contributed by atoms with Crippen LogP contribution in [0.2, 0.25) is 5.02 Å². The third-order valence-electron chi connectivity index (χ3n) is 6.73. The molecule has 1 fully saturated rings. The third kappa shape index (κ3) is 5.45. The van der Waals surface area contributed by atoms with E-state index in [2.05, 4.69) is 38.6 Å². The number of pyridine rings is 1. The van der Waals surface area contributed by atoms with Gasteiger partial charge in [-0.1, -0.05) is 29.5 Å². The van der Waals surface area contributed by atoms with Gasteiger partial charge in [-0.25, -0.2) is 9.97 Å². The first-order chi connectivity index (χ1) is 18.3. The number of nitrogen functional groups attached to an aromatic ring is 1. The third-order valence-corrected chi connectivity index (χ3v) is 7.02. The Kier molecular flexibility index (Phi) is 6.99. The van der Waals surface area contributed by atoms with Crippen LogP contribution in [0.1, 0.15) is 31.0 Å².